The van der Waals surface area contributed by atoms with Crippen molar-refractivity contribution < 1.29 is 9.63 Å². The summed E-state index contributed by atoms with van der Waals surface area (Å²) in [5.74, 6) is 1.14. The first-order chi connectivity index (χ1) is 9.83. The van der Waals surface area contributed by atoms with Crippen molar-refractivity contribution in [1.29, 1.82) is 0 Å². The van der Waals surface area contributed by atoms with Crippen molar-refractivity contribution in [1.82, 2.24) is 10.1 Å². The first kappa shape index (κ1) is 13.1. The number of piperidine rings is 1. The zero-order chi connectivity index (χ0) is 13.8. The van der Waals surface area contributed by atoms with Gasteiger partial charge in [0.15, 0.2) is 0 Å². The standard InChI is InChI=1S/C15H19N3O2/c19-13(12-7-3-1-4-8-12)11-14-16-15(17-20-14)18-9-5-2-6-10-18/h1,3-4,7-8,13,19H,2,5-6,9-11H2. The zero-order valence-corrected chi connectivity index (χ0v) is 11.4. The van der Waals surface area contributed by atoms with Crippen LogP contribution in [0.5, 0.6) is 0 Å². The van der Waals surface area contributed by atoms with Crippen molar-refractivity contribution in [2.75, 3.05) is 18.0 Å². The van der Waals surface area contributed by atoms with E-state index in [4.69, 9.17) is 4.52 Å². The largest absolute Gasteiger partial charge is 0.388 e. The van der Waals surface area contributed by atoms with E-state index in [1.54, 1.807) is 0 Å². The second-order valence-corrected chi connectivity index (χ2v) is 5.17. The van der Waals surface area contributed by atoms with Crippen LogP contribution in [0, 0.1) is 0 Å². The molecule has 1 saturated heterocycles. The summed E-state index contributed by atoms with van der Waals surface area (Å²) in [5.41, 5.74) is 0.866. The van der Waals surface area contributed by atoms with E-state index in [1.807, 2.05) is 30.3 Å². The number of benzene rings is 1. The summed E-state index contributed by atoms with van der Waals surface area (Å²) < 4.78 is 5.25. The van der Waals surface area contributed by atoms with E-state index in [0.29, 0.717) is 18.3 Å². The Kier molecular flexibility index (Phi) is 3.97. The molecule has 5 heteroatoms. The second kappa shape index (κ2) is 6.05. The minimum atomic E-state index is -0.606. The highest BCUT2D eigenvalue weighted by Crippen LogP contribution is 2.20. The Labute approximate surface area is 118 Å². The summed E-state index contributed by atoms with van der Waals surface area (Å²) in [6, 6.07) is 9.54. The van der Waals surface area contributed by atoms with Crippen LogP contribution in [0.4, 0.5) is 5.95 Å². The first-order valence-electron chi connectivity index (χ1n) is 7.13. The molecule has 1 aliphatic heterocycles. The third kappa shape index (κ3) is 2.99. The molecular weight excluding hydrogens is 254 g/mol. The van der Waals surface area contributed by atoms with Crippen LogP contribution in [-0.4, -0.2) is 28.3 Å². The normalized spacial score (nSPS) is 17.1. The van der Waals surface area contributed by atoms with Crippen LogP contribution in [0.3, 0.4) is 0 Å². The average Bonchev–Trinajstić information content (AvgIpc) is 2.97. The average molecular weight is 273 g/mol. The van der Waals surface area contributed by atoms with Gasteiger partial charge in [-0.05, 0) is 30.0 Å². The van der Waals surface area contributed by atoms with Crippen LogP contribution in [0.15, 0.2) is 34.9 Å². The van der Waals surface area contributed by atoms with Crippen LogP contribution >= 0.6 is 0 Å². The van der Waals surface area contributed by atoms with Gasteiger partial charge in [0, 0.05) is 13.1 Å². The summed E-state index contributed by atoms with van der Waals surface area (Å²) in [6.45, 7) is 1.97. The summed E-state index contributed by atoms with van der Waals surface area (Å²) in [6.07, 6.45) is 3.37. The maximum absolute atomic E-state index is 10.2. The van der Waals surface area contributed by atoms with E-state index < -0.39 is 6.10 Å². The third-order valence-electron chi connectivity index (χ3n) is 3.65. The maximum Gasteiger partial charge on any atom is 0.266 e. The molecule has 106 valence electrons. The van der Waals surface area contributed by atoms with Gasteiger partial charge in [0.1, 0.15) is 0 Å². The van der Waals surface area contributed by atoms with Crippen LogP contribution in [0.25, 0.3) is 0 Å². The molecule has 0 saturated carbocycles. The highest BCUT2D eigenvalue weighted by Gasteiger charge is 2.18. The maximum atomic E-state index is 10.2. The molecule has 2 heterocycles. The van der Waals surface area contributed by atoms with Gasteiger partial charge in [-0.15, -0.1) is 0 Å². The fourth-order valence-corrected chi connectivity index (χ4v) is 2.51. The zero-order valence-electron chi connectivity index (χ0n) is 11.4. The van der Waals surface area contributed by atoms with Gasteiger partial charge < -0.3 is 14.5 Å². The Bertz CT molecular complexity index is 535. The Morgan fingerprint density at radius 3 is 2.65 bits per heavy atom. The van der Waals surface area contributed by atoms with E-state index in [0.717, 1.165) is 18.7 Å². The highest BCUT2D eigenvalue weighted by molar-refractivity contribution is 5.28. The molecule has 0 radical (unpaired) electrons. The molecule has 5 nitrogen and oxygen atoms in total. The Morgan fingerprint density at radius 1 is 1.15 bits per heavy atom. The SMILES string of the molecule is OC(Cc1nc(N2CCCCC2)no1)c1ccccc1. The highest BCUT2D eigenvalue weighted by atomic mass is 16.5. The van der Waals surface area contributed by atoms with Gasteiger partial charge in [0.05, 0.1) is 12.5 Å². The molecule has 1 fully saturated rings. The number of aromatic nitrogens is 2. The second-order valence-electron chi connectivity index (χ2n) is 5.17. The lowest BCUT2D eigenvalue weighted by atomic mass is 10.1. The summed E-state index contributed by atoms with van der Waals surface area (Å²) in [4.78, 5) is 6.53. The predicted octanol–water partition coefficient (Wildman–Crippen LogP) is 2.34. The minimum absolute atomic E-state index is 0.352. The lowest BCUT2D eigenvalue weighted by molar-refractivity contribution is 0.165. The van der Waals surface area contributed by atoms with Crippen molar-refractivity contribution in [3.63, 3.8) is 0 Å². The summed E-state index contributed by atoms with van der Waals surface area (Å²) in [5, 5.41) is 14.2. The number of hydrogen-bond donors (Lipinski definition) is 1. The van der Waals surface area contributed by atoms with Crippen LogP contribution < -0.4 is 4.90 Å². The molecule has 20 heavy (non-hydrogen) atoms. The molecule has 1 aliphatic rings. The van der Waals surface area contributed by atoms with E-state index in [9.17, 15) is 5.11 Å². The van der Waals surface area contributed by atoms with E-state index in [1.165, 1.54) is 19.3 Å². The fourth-order valence-electron chi connectivity index (χ4n) is 2.51. The molecular formula is C15H19N3O2. The number of aliphatic hydroxyl groups is 1. The lowest BCUT2D eigenvalue weighted by Gasteiger charge is -2.24. The molecule has 3 rings (SSSR count). The Morgan fingerprint density at radius 2 is 1.90 bits per heavy atom. The van der Waals surface area contributed by atoms with Crippen molar-refractivity contribution in [3.05, 3.63) is 41.8 Å². The first-order valence-corrected chi connectivity index (χ1v) is 7.13. The molecule has 0 bridgehead atoms. The van der Waals surface area contributed by atoms with Crippen LogP contribution in [-0.2, 0) is 6.42 Å². The Balaban J connectivity index is 1.65. The van der Waals surface area contributed by atoms with Crippen molar-refractivity contribution in [2.45, 2.75) is 31.8 Å². The predicted molar refractivity (Wildman–Crippen MR) is 75.5 cm³/mol. The van der Waals surface area contributed by atoms with E-state index in [2.05, 4.69) is 15.0 Å². The third-order valence-corrected chi connectivity index (χ3v) is 3.65. The summed E-state index contributed by atoms with van der Waals surface area (Å²) >= 11 is 0. The van der Waals surface area contributed by atoms with Gasteiger partial charge in [-0.2, -0.15) is 4.98 Å². The van der Waals surface area contributed by atoms with Crippen molar-refractivity contribution in [2.24, 2.45) is 0 Å². The fraction of sp³-hybridized carbons (Fsp3) is 0.467. The number of rotatable bonds is 4. The molecule has 2 aromatic rings. The molecule has 0 amide bonds. The van der Waals surface area contributed by atoms with Gasteiger partial charge in [0.2, 0.25) is 5.89 Å². The van der Waals surface area contributed by atoms with Crippen molar-refractivity contribution >= 4 is 5.95 Å². The topological polar surface area (TPSA) is 62.4 Å². The molecule has 1 atom stereocenters. The minimum Gasteiger partial charge on any atom is -0.388 e. The van der Waals surface area contributed by atoms with Gasteiger partial charge in [-0.25, -0.2) is 0 Å². The van der Waals surface area contributed by atoms with Gasteiger partial charge in [-0.1, -0.05) is 30.3 Å². The molecule has 0 spiro atoms. The monoisotopic (exact) mass is 273 g/mol. The smallest absolute Gasteiger partial charge is 0.266 e. The molecule has 1 unspecified atom stereocenters. The number of anilines is 1. The quantitative estimate of drug-likeness (QED) is 0.926. The van der Waals surface area contributed by atoms with Crippen molar-refractivity contribution in [3.8, 4) is 0 Å². The van der Waals surface area contributed by atoms with E-state index in [-0.39, 0.29) is 0 Å². The number of hydrogen-bond acceptors (Lipinski definition) is 5. The lowest BCUT2D eigenvalue weighted by Crippen LogP contribution is -2.30. The number of aliphatic hydroxyl groups excluding tert-OH is 1. The summed E-state index contributed by atoms with van der Waals surface area (Å²) in [7, 11) is 0. The van der Waals surface area contributed by atoms with Gasteiger partial charge in [-0.3, -0.25) is 0 Å². The Hall–Kier alpha value is -1.88. The molecule has 1 N–H and O–H groups in total. The molecule has 1 aromatic carbocycles. The van der Waals surface area contributed by atoms with Gasteiger partial charge in [0.25, 0.3) is 5.95 Å². The molecule has 1 aromatic heterocycles. The van der Waals surface area contributed by atoms with E-state index >= 15 is 0 Å². The van der Waals surface area contributed by atoms with Crippen LogP contribution in [0.1, 0.15) is 36.8 Å². The van der Waals surface area contributed by atoms with Gasteiger partial charge >= 0.3 is 0 Å². The number of nitrogens with zero attached hydrogens (tertiary/aromatic N) is 3. The molecule has 0 aliphatic carbocycles. The van der Waals surface area contributed by atoms with Crippen LogP contribution in [0.2, 0.25) is 0 Å².